The van der Waals surface area contributed by atoms with Gasteiger partial charge in [0.2, 0.25) is 5.82 Å². The number of nitrogens with zero attached hydrogens (tertiary/aromatic N) is 2. The minimum atomic E-state index is -1.22. The van der Waals surface area contributed by atoms with E-state index in [0.717, 1.165) is 4.52 Å². The first-order chi connectivity index (χ1) is 7.00. The lowest BCUT2D eigenvalue weighted by molar-refractivity contribution is 0.389. The van der Waals surface area contributed by atoms with Crippen molar-refractivity contribution in [2.24, 2.45) is 0 Å². The Balaban J connectivity index is 2.82. The van der Waals surface area contributed by atoms with Gasteiger partial charge in [-0.1, -0.05) is 13.8 Å². The fourth-order valence-corrected chi connectivity index (χ4v) is 1.30. The summed E-state index contributed by atoms with van der Waals surface area (Å²) in [5, 5.41) is 13.3. The molecular formula is C9H10FN3O2. The standard InChI is InChI=1S/C9H10FN3O2/c1-4(2)5-3-6-11-8(14)7(10)9(15)13(6)12-5/h3-4,15H,1-2H3,(H,11,14). The molecule has 15 heavy (non-hydrogen) atoms. The van der Waals surface area contributed by atoms with Crippen molar-refractivity contribution in [3.05, 3.63) is 27.9 Å². The Bertz CT molecular complexity index is 570. The molecule has 6 heteroatoms. The highest BCUT2D eigenvalue weighted by molar-refractivity contribution is 5.42. The summed E-state index contributed by atoms with van der Waals surface area (Å²) in [5.74, 6) is -1.85. The summed E-state index contributed by atoms with van der Waals surface area (Å²) in [5.41, 5.74) is 0.00403. The van der Waals surface area contributed by atoms with E-state index in [1.807, 2.05) is 13.8 Å². The van der Waals surface area contributed by atoms with Gasteiger partial charge in [0.15, 0.2) is 0 Å². The van der Waals surface area contributed by atoms with Crippen LogP contribution in [-0.4, -0.2) is 19.7 Å². The Morgan fingerprint density at radius 2 is 2.27 bits per heavy atom. The summed E-state index contributed by atoms with van der Waals surface area (Å²) < 4.78 is 14.0. The molecule has 0 amide bonds. The van der Waals surface area contributed by atoms with Gasteiger partial charge in [-0.25, -0.2) is 0 Å². The molecule has 0 fully saturated rings. The number of aromatic amines is 1. The number of fused-ring (bicyclic) bond motifs is 1. The van der Waals surface area contributed by atoms with E-state index in [1.165, 1.54) is 0 Å². The number of aromatic nitrogens is 3. The Kier molecular flexibility index (Phi) is 1.99. The second-order valence-corrected chi connectivity index (χ2v) is 3.61. The third kappa shape index (κ3) is 1.38. The maximum atomic E-state index is 13.0. The molecule has 2 heterocycles. The number of hydrogen-bond acceptors (Lipinski definition) is 3. The molecule has 0 saturated heterocycles. The van der Waals surface area contributed by atoms with Crippen molar-refractivity contribution in [1.29, 1.82) is 0 Å². The second-order valence-electron chi connectivity index (χ2n) is 3.61. The minimum absolute atomic E-state index is 0.135. The molecule has 0 aromatic carbocycles. The zero-order valence-corrected chi connectivity index (χ0v) is 8.28. The van der Waals surface area contributed by atoms with Gasteiger partial charge < -0.3 is 10.1 Å². The number of aromatic hydroxyl groups is 1. The molecule has 2 rings (SSSR count). The van der Waals surface area contributed by atoms with Gasteiger partial charge in [0.25, 0.3) is 11.4 Å². The average molecular weight is 211 g/mol. The fraction of sp³-hybridized carbons (Fsp3) is 0.333. The van der Waals surface area contributed by atoms with E-state index < -0.39 is 17.3 Å². The van der Waals surface area contributed by atoms with Crippen molar-refractivity contribution >= 4 is 5.65 Å². The minimum Gasteiger partial charge on any atom is -0.491 e. The van der Waals surface area contributed by atoms with Crippen molar-refractivity contribution in [3.63, 3.8) is 0 Å². The molecular weight excluding hydrogens is 201 g/mol. The molecule has 5 nitrogen and oxygen atoms in total. The van der Waals surface area contributed by atoms with Crippen LogP contribution in [0.2, 0.25) is 0 Å². The average Bonchev–Trinajstić information content (AvgIpc) is 2.58. The van der Waals surface area contributed by atoms with Crippen LogP contribution in [0.1, 0.15) is 25.5 Å². The Hall–Kier alpha value is -1.85. The molecule has 0 saturated carbocycles. The molecule has 0 spiro atoms. The van der Waals surface area contributed by atoms with Crippen LogP contribution in [0.15, 0.2) is 10.9 Å². The van der Waals surface area contributed by atoms with Gasteiger partial charge in [0, 0.05) is 6.07 Å². The van der Waals surface area contributed by atoms with Gasteiger partial charge in [-0.2, -0.15) is 14.0 Å². The van der Waals surface area contributed by atoms with Gasteiger partial charge in [-0.05, 0) is 5.92 Å². The van der Waals surface area contributed by atoms with Crippen molar-refractivity contribution in [2.75, 3.05) is 0 Å². The molecule has 0 bridgehead atoms. The van der Waals surface area contributed by atoms with Crippen LogP contribution in [0.4, 0.5) is 4.39 Å². The van der Waals surface area contributed by atoms with Crippen LogP contribution < -0.4 is 5.56 Å². The van der Waals surface area contributed by atoms with Gasteiger partial charge in [0.05, 0.1) is 5.69 Å². The maximum Gasteiger partial charge on any atom is 0.291 e. The van der Waals surface area contributed by atoms with Gasteiger partial charge >= 0.3 is 0 Å². The van der Waals surface area contributed by atoms with E-state index in [9.17, 15) is 14.3 Å². The van der Waals surface area contributed by atoms with E-state index in [-0.39, 0.29) is 11.6 Å². The highest BCUT2D eigenvalue weighted by Crippen LogP contribution is 2.17. The molecule has 0 aliphatic heterocycles. The highest BCUT2D eigenvalue weighted by atomic mass is 19.1. The van der Waals surface area contributed by atoms with Crippen molar-refractivity contribution < 1.29 is 9.50 Å². The summed E-state index contributed by atoms with van der Waals surface area (Å²) in [6, 6.07) is 1.60. The Labute approximate surface area is 84.2 Å². The third-order valence-electron chi connectivity index (χ3n) is 2.16. The smallest absolute Gasteiger partial charge is 0.291 e. The number of rotatable bonds is 1. The van der Waals surface area contributed by atoms with Crippen LogP contribution in [0.25, 0.3) is 5.65 Å². The highest BCUT2D eigenvalue weighted by Gasteiger charge is 2.14. The molecule has 0 radical (unpaired) electrons. The Morgan fingerprint density at radius 3 is 2.87 bits per heavy atom. The summed E-state index contributed by atoms with van der Waals surface area (Å²) in [6.45, 7) is 3.82. The zero-order chi connectivity index (χ0) is 11.2. The van der Waals surface area contributed by atoms with E-state index in [4.69, 9.17) is 0 Å². The lowest BCUT2D eigenvalue weighted by atomic mass is 10.1. The van der Waals surface area contributed by atoms with Crippen molar-refractivity contribution in [1.82, 2.24) is 14.6 Å². The molecule has 2 N–H and O–H groups in total. The van der Waals surface area contributed by atoms with Gasteiger partial charge in [-0.15, -0.1) is 0 Å². The first-order valence-corrected chi connectivity index (χ1v) is 4.51. The molecule has 0 aliphatic rings. The predicted octanol–water partition coefficient (Wildman–Crippen LogP) is 0.991. The van der Waals surface area contributed by atoms with Crippen LogP contribution in [0, 0.1) is 5.82 Å². The summed E-state index contributed by atoms with van der Waals surface area (Å²) in [6.07, 6.45) is 0. The molecule has 0 unspecified atom stereocenters. The van der Waals surface area contributed by atoms with E-state index in [2.05, 4.69) is 10.1 Å². The second kappa shape index (κ2) is 3.08. The first kappa shape index (κ1) is 9.70. The molecule has 80 valence electrons. The monoisotopic (exact) mass is 211 g/mol. The molecule has 2 aromatic rings. The normalized spacial score (nSPS) is 11.5. The number of halogens is 1. The maximum absolute atomic E-state index is 13.0. The summed E-state index contributed by atoms with van der Waals surface area (Å²) in [7, 11) is 0. The van der Waals surface area contributed by atoms with E-state index in [1.54, 1.807) is 6.07 Å². The predicted molar refractivity (Wildman–Crippen MR) is 51.5 cm³/mol. The van der Waals surface area contributed by atoms with Crippen LogP contribution in [0.3, 0.4) is 0 Å². The van der Waals surface area contributed by atoms with Crippen LogP contribution >= 0.6 is 0 Å². The summed E-state index contributed by atoms with van der Waals surface area (Å²) >= 11 is 0. The number of H-pyrrole nitrogens is 1. The first-order valence-electron chi connectivity index (χ1n) is 4.51. The van der Waals surface area contributed by atoms with E-state index in [0.29, 0.717) is 5.69 Å². The lowest BCUT2D eigenvalue weighted by Crippen LogP contribution is -2.13. The van der Waals surface area contributed by atoms with Gasteiger partial charge in [-0.3, -0.25) is 4.79 Å². The van der Waals surface area contributed by atoms with Crippen LogP contribution in [-0.2, 0) is 0 Å². The Morgan fingerprint density at radius 1 is 1.60 bits per heavy atom. The topological polar surface area (TPSA) is 70.4 Å². The zero-order valence-electron chi connectivity index (χ0n) is 8.28. The SMILES string of the molecule is CC(C)c1cc2[nH]c(=O)c(F)c(O)n2n1. The lowest BCUT2D eigenvalue weighted by Gasteiger charge is -1.97. The number of hydrogen-bond donors (Lipinski definition) is 2. The molecule has 0 atom stereocenters. The van der Waals surface area contributed by atoms with Crippen LogP contribution in [0.5, 0.6) is 5.88 Å². The third-order valence-corrected chi connectivity index (χ3v) is 2.16. The number of nitrogens with one attached hydrogen (secondary N) is 1. The fourth-order valence-electron chi connectivity index (χ4n) is 1.30. The quantitative estimate of drug-likeness (QED) is 0.739. The van der Waals surface area contributed by atoms with Crippen molar-refractivity contribution in [3.8, 4) is 5.88 Å². The van der Waals surface area contributed by atoms with Gasteiger partial charge in [0.1, 0.15) is 5.65 Å². The largest absolute Gasteiger partial charge is 0.491 e. The van der Waals surface area contributed by atoms with Crippen molar-refractivity contribution in [2.45, 2.75) is 19.8 Å². The molecule has 0 aliphatic carbocycles. The molecule has 2 aromatic heterocycles. The summed E-state index contributed by atoms with van der Waals surface area (Å²) in [4.78, 5) is 13.3. The van der Waals surface area contributed by atoms with E-state index >= 15 is 0 Å².